The van der Waals surface area contributed by atoms with Crippen LogP contribution in [0.3, 0.4) is 0 Å². The van der Waals surface area contributed by atoms with Crippen molar-refractivity contribution in [3.63, 3.8) is 0 Å². The Balaban J connectivity index is 1.83. The summed E-state index contributed by atoms with van der Waals surface area (Å²) in [5, 5.41) is 0. The number of ether oxygens (including phenoxy) is 5. The van der Waals surface area contributed by atoms with Gasteiger partial charge in [-0.3, -0.25) is 9.59 Å². The van der Waals surface area contributed by atoms with Crippen LogP contribution < -0.4 is 0 Å². The Hall–Kier alpha value is -1.44. The number of esters is 2. The second-order valence-corrected chi connectivity index (χ2v) is 6.94. The van der Waals surface area contributed by atoms with Gasteiger partial charge >= 0.3 is 11.9 Å². The molecule has 7 nitrogen and oxygen atoms in total. The normalized spacial score (nSPS) is 37.0. The molecule has 5 atom stereocenters. The maximum atomic E-state index is 11.5. The van der Waals surface area contributed by atoms with E-state index in [2.05, 4.69) is 0 Å². The molecular formula is C17H24O7. The molecule has 0 saturated carbocycles. The van der Waals surface area contributed by atoms with Crippen LogP contribution in [0, 0.1) is 11.8 Å². The summed E-state index contributed by atoms with van der Waals surface area (Å²) in [6, 6.07) is 0. The first-order valence-electron chi connectivity index (χ1n) is 8.21. The summed E-state index contributed by atoms with van der Waals surface area (Å²) in [6.45, 7) is 7.55. The van der Waals surface area contributed by atoms with E-state index in [0.29, 0.717) is 13.2 Å². The average Bonchev–Trinajstić information content (AvgIpc) is 2.81. The Morgan fingerprint density at radius 3 is 2.67 bits per heavy atom. The fourth-order valence-corrected chi connectivity index (χ4v) is 3.71. The first-order chi connectivity index (χ1) is 11.3. The molecule has 1 aliphatic carbocycles. The van der Waals surface area contributed by atoms with Gasteiger partial charge in [-0.25, -0.2) is 0 Å². The topological polar surface area (TPSA) is 80.3 Å². The molecule has 7 heteroatoms. The zero-order valence-corrected chi connectivity index (χ0v) is 14.4. The third kappa shape index (κ3) is 3.48. The first kappa shape index (κ1) is 17.4. The largest absolute Gasteiger partial charge is 0.461 e. The first-order valence-corrected chi connectivity index (χ1v) is 8.21. The summed E-state index contributed by atoms with van der Waals surface area (Å²) in [5.41, 5.74) is 0.910. The quantitative estimate of drug-likeness (QED) is 0.564. The van der Waals surface area contributed by atoms with Gasteiger partial charge in [0.15, 0.2) is 5.79 Å². The molecule has 0 bridgehead atoms. The van der Waals surface area contributed by atoms with Crippen LogP contribution >= 0.6 is 0 Å². The van der Waals surface area contributed by atoms with Crippen molar-refractivity contribution < 1.29 is 33.3 Å². The molecular weight excluding hydrogens is 316 g/mol. The Bertz CT molecular complexity index is 553. The highest BCUT2D eigenvalue weighted by atomic mass is 16.7. The molecule has 2 aliphatic heterocycles. The van der Waals surface area contributed by atoms with Crippen molar-refractivity contribution in [3.05, 3.63) is 11.6 Å². The van der Waals surface area contributed by atoms with Crippen molar-refractivity contribution in [1.29, 1.82) is 0 Å². The Morgan fingerprint density at radius 1 is 1.25 bits per heavy atom. The van der Waals surface area contributed by atoms with Gasteiger partial charge in [0.2, 0.25) is 0 Å². The SMILES string of the molecule is CC(=O)OCC1=C[C@H](OC(C)=O)[C@@H]2[C@@H]3OC(C)(C)OC[C@H]3OC[C@@H]12. The van der Waals surface area contributed by atoms with Gasteiger partial charge in [0.05, 0.1) is 19.3 Å². The Morgan fingerprint density at radius 2 is 2.00 bits per heavy atom. The van der Waals surface area contributed by atoms with Gasteiger partial charge in [0.25, 0.3) is 0 Å². The van der Waals surface area contributed by atoms with Crippen LogP contribution in [0.2, 0.25) is 0 Å². The fraction of sp³-hybridized carbons (Fsp3) is 0.765. The molecule has 134 valence electrons. The highest BCUT2D eigenvalue weighted by molar-refractivity contribution is 5.67. The highest BCUT2D eigenvalue weighted by Crippen LogP contribution is 2.45. The number of fused-ring (bicyclic) bond motifs is 3. The van der Waals surface area contributed by atoms with E-state index in [1.165, 1.54) is 13.8 Å². The summed E-state index contributed by atoms with van der Waals surface area (Å²) in [5.74, 6) is -1.49. The number of hydrogen-bond donors (Lipinski definition) is 0. The molecule has 0 amide bonds. The Kier molecular flexibility index (Phi) is 4.68. The van der Waals surface area contributed by atoms with Crippen molar-refractivity contribution in [3.8, 4) is 0 Å². The van der Waals surface area contributed by atoms with Gasteiger partial charge in [0.1, 0.15) is 18.8 Å². The van der Waals surface area contributed by atoms with Crippen molar-refractivity contribution in [1.82, 2.24) is 0 Å². The molecule has 0 aromatic rings. The van der Waals surface area contributed by atoms with Crippen molar-refractivity contribution >= 4 is 11.9 Å². The molecule has 2 heterocycles. The minimum Gasteiger partial charge on any atom is -0.461 e. The van der Waals surface area contributed by atoms with Gasteiger partial charge in [0, 0.05) is 25.7 Å². The maximum absolute atomic E-state index is 11.5. The second-order valence-electron chi connectivity index (χ2n) is 6.94. The van der Waals surface area contributed by atoms with Crippen LogP contribution in [0.5, 0.6) is 0 Å². The lowest BCUT2D eigenvalue weighted by Gasteiger charge is -2.48. The number of hydrogen-bond acceptors (Lipinski definition) is 7. The van der Waals surface area contributed by atoms with Crippen LogP contribution in [0.4, 0.5) is 0 Å². The van der Waals surface area contributed by atoms with Crippen LogP contribution in [-0.4, -0.2) is 55.9 Å². The highest BCUT2D eigenvalue weighted by Gasteiger charge is 2.54. The standard InChI is InChI=1S/C17H24O7/c1-9(18)20-6-11-5-13(23-10(2)19)15-12(11)7-21-14-8-22-17(3,4)24-16(14)15/h5,12-16H,6-8H2,1-4H3/t12-,13-,14+,15+,16+/m0/s1. The molecule has 3 rings (SSSR count). The number of carbonyl (C=O) groups excluding carboxylic acids is 2. The zero-order chi connectivity index (χ0) is 17.5. The number of carbonyl (C=O) groups is 2. The molecule has 24 heavy (non-hydrogen) atoms. The summed E-state index contributed by atoms with van der Waals surface area (Å²) in [7, 11) is 0. The lowest BCUT2D eigenvalue weighted by atomic mass is 9.81. The van der Waals surface area contributed by atoms with E-state index in [1.54, 1.807) is 0 Å². The van der Waals surface area contributed by atoms with Crippen molar-refractivity contribution in [2.75, 3.05) is 19.8 Å². The van der Waals surface area contributed by atoms with Crippen molar-refractivity contribution in [2.45, 2.75) is 51.8 Å². The average molecular weight is 340 g/mol. The van der Waals surface area contributed by atoms with Crippen LogP contribution in [-0.2, 0) is 33.3 Å². The monoisotopic (exact) mass is 340 g/mol. The van der Waals surface area contributed by atoms with E-state index >= 15 is 0 Å². The summed E-state index contributed by atoms with van der Waals surface area (Å²) >= 11 is 0. The lowest BCUT2D eigenvalue weighted by molar-refractivity contribution is -0.338. The van der Waals surface area contributed by atoms with Crippen LogP contribution in [0.25, 0.3) is 0 Å². The minimum absolute atomic E-state index is 0.0103. The third-order valence-electron chi connectivity index (χ3n) is 4.69. The minimum atomic E-state index is -0.716. The van der Waals surface area contributed by atoms with E-state index in [4.69, 9.17) is 23.7 Å². The third-order valence-corrected chi connectivity index (χ3v) is 4.69. The molecule has 0 aromatic heterocycles. The molecule has 0 aromatic carbocycles. The fourth-order valence-electron chi connectivity index (χ4n) is 3.71. The molecule has 0 N–H and O–H groups in total. The van der Waals surface area contributed by atoms with Crippen LogP contribution in [0.15, 0.2) is 11.6 Å². The molecule has 0 radical (unpaired) electrons. The van der Waals surface area contributed by atoms with Gasteiger partial charge in [-0.05, 0) is 25.5 Å². The van der Waals surface area contributed by atoms with E-state index in [-0.39, 0.29) is 42.6 Å². The summed E-state index contributed by atoms with van der Waals surface area (Å²) in [4.78, 5) is 22.6. The van der Waals surface area contributed by atoms with Gasteiger partial charge in [-0.2, -0.15) is 0 Å². The molecule has 0 spiro atoms. The smallest absolute Gasteiger partial charge is 0.303 e. The summed E-state index contributed by atoms with van der Waals surface area (Å²) < 4.78 is 28.3. The lowest BCUT2D eigenvalue weighted by Crippen LogP contribution is -2.59. The second kappa shape index (κ2) is 6.46. The predicted octanol–water partition coefficient (Wildman–Crippen LogP) is 1.20. The zero-order valence-electron chi connectivity index (χ0n) is 14.4. The molecule has 0 unspecified atom stereocenters. The van der Waals surface area contributed by atoms with Gasteiger partial charge < -0.3 is 23.7 Å². The van der Waals surface area contributed by atoms with E-state index < -0.39 is 11.9 Å². The maximum Gasteiger partial charge on any atom is 0.303 e. The van der Waals surface area contributed by atoms with E-state index in [9.17, 15) is 9.59 Å². The number of rotatable bonds is 3. The predicted molar refractivity (Wildman–Crippen MR) is 81.9 cm³/mol. The van der Waals surface area contributed by atoms with Gasteiger partial charge in [-0.15, -0.1) is 0 Å². The van der Waals surface area contributed by atoms with Crippen LogP contribution in [0.1, 0.15) is 27.7 Å². The van der Waals surface area contributed by atoms with Gasteiger partial charge in [-0.1, -0.05) is 0 Å². The van der Waals surface area contributed by atoms with Crippen molar-refractivity contribution in [2.24, 2.45) is 11.8 Å². The summed E-state index contributed by atoms with van der Waals surface area (Å²) in [6.07, 6.45) is 1.02. The molecule has 3 aliphatic rings. The van der Waals surface area contributed by atoms with E-state index in [0.717, 1.165) is 5.57 Å². The van der Waals surface area contributed by atoms with E-state index in [1.807, 2.05) is 19.9 Å². The Labute approximate surface area is 141 Å². The molecule has 2 fully saturated rings. The molecule has 2 saturated heterocycles.